The van der Waals surface area contributed by atoms with E-state index in [2.05, 4.69) is 15.2 Å². The Morgan fingerprint density at radius 2 is 2.16 bits per heavy atom. The Kier molecular flexibility index (Phi) is 4.60. The van der Waals surface area contributed by atoms with E-state index in [1.165, 1.54) is 23.2 Å². The lowest BCUT2D eigenvalue weighted by molar-refractivity contribution is -0.131. The van der Waals surface area contributed by atoms with Crippen molar-refractivity contribution < 1.29 is 22.4 Å². The van der Waals surface area contributed by atoms with Crippen molar-refractivity contribution in [3.05, 3.63) is 46.0 Å². The van der Waals surface area contributed by atoms with Gasteiger partial charge in [0, 0.05) is 24.4 Å². The zero-order valence-electron chi connectivity index (χ0n) is 13.0. The molecule has 7 nitrogen and oxygen atoms in total. The van der Waals surface area contributed by atoms with Crippen LogP contribution in [-0.2, 0) is 6.42 Å². The van der Waals surface area contributed by atoms with Crippen LogP contribution in [0.15, 0.2) is 27.5 Å². The number of alkyl halides is 3. The fourth-order valence-corrected chi connectivity index (χ4v) is 2.82. The lowest BCUT2D eigenvalue weighted by atomic mass is 10.0. The highest BCUT2D eigenvalue weighted by Gasteiger charge is 2.35. The van der Waals surface area contributed by atoms with Crippen LogP contribution in [0, 0.1) is 0 Å². The number of carbonyl (C=O) groups is 1. The predicted octanol–water partition coefficient (Wildman–Crippen LogP) is 2.23. The Balaban J connectivity index is 1.84. The van der Waals surface area contributed by atoms with E-state index in [0.29, 0.717) is 13.0 Å². The van der Waals surface area contributed by atoms with Crippen molar-refractivity contribution in [1.82, 2.24) is 20.1 Å². The number of carbonyl (C=O) groups excluding carboxylic acids is 1. The number of rotatable bonds is 3. The third-order valence-electron chi connectivity index (χ3n) is 3.90. The number of aromatic amines is 1. The molecule has 1 aliphatic rings. The number of piperidine rings is 1. The second-order valence-electron chi connectivity index (χ2n) is 5.78. The number of likely N-dealkylation sites (tertiary alicyclic amines) is 1. The summed E-state index contributed by atoms with van der Waals surface area (Å²) in [5.74, 6) is -0.944. The number of nitrogens with one attached hydrogen (secondary N) is 1. The summed E-state index contributed by atoms with van der Waals surface area (Å²) >= 11 is 0. The van der Waals surface area contributed by atoms with Crippen LogP contribution in [0.5, 0.6) is 0 Å². The highest BCUT2D eigenvalue weighted by atomic mass is 19.4. The number of hydrogen-bond acceptors (Lipinski definition) is 5. The summed E-state index contributed by atoms with van der Waals surface area (Å²) in [6.07, 6.45) is -2.37. The summed E-state index contributed by atoms with van der Waals surface area (Å²) in [7, 11) is 0. The van der Waals surface area contributed by atoms with Crippen LogP contribution < -0.4 is 5.56 Å². The smallest absolute Gasteiger partial charge is 0.397 e. The first-order chi connectivity index (χ1) is 11.8. The lowest BCUT2D eigenvalue weighted by Crippen LogP contribution is -2.39. The molecule has 0 bridgehead atoms. The SMILES string of the molecule is O=C(c1cc[nH]c(=O)c1)N1CCCCC1c1nnc(CC(F)(F)F)o1. The molecule has 1 aliphatic heterocycles. The molecule has 2 aromatic rings. The molecule has 1 amide bonds. The van der Waals surface area contributed by atoms with E-state index in [1.807, 2.05) is 0 Å². The Bertz CT molecular complexity index is 815. The molecular formula is C15H15F3N4O3. The molecule has 1 N–H and O–H groups in total. The second-order valence-corrected chi connectivity index (χ2v) is 5.78. The number of H-pyrrole nitrogens is 1. The first-order valence-corrected chi connectivity index (χ1v) is 7.72. The Morgan fingerprint density at radius 1 is 1.36 bits per heavy atom. The van der Waals surface area contributed by atoms with Gasteiger partial charge in [0.2, 0.25) is 17.3 Å². The molecule has 134 valence electrons. The number of halogens is 3. The molecule has 0 aromatic carbocycles. The number of hydrogen-bond donors (Lipinski definition) is 1. The van der Waals surface area contributed by atoms with Gasteiger partial charge in [-0.2, -0.15) is 13.2 Å². The number of nitrogens with zero attached hydrogens (tertiary/aromatic N) is 3. The largest absolute Gasteiger partial charge is 0.423 e. The molecule has 0 spiro atoms. The van der Waals surface area contributed by atoms with Crippen LogP contribution in [0.1, 0.15) is 47.4 Å². The van der Waals surface area contributed by atoms with Crippen molar-refractivity contribution in [1.29, 1.82) is 0 Å². The molecule has 1 unspecified atom stereocenters. The Hall–Kier alpha value is -2.65. The van der Waals surface area contributed by atoms with E-state index < -0.39 is 36.0 Å². The maximum Gasteiger partial charge on any atom is 0.397 e. The molecule has 0 saturated carbocycles. The topological polar surface area (TPSA) is 92.1 Å². The lowest BCUT2D eigenvalue weighted by Gasteiger charge is -2.33. The van der Waals surface area contributed by atoms with Crippen LogP contribution >= 0.6 is 0 Å². The van der Waals surface area contributed by atoms with E-state index in [0.717, 1.165) is 12.8 Å². The molecule has 1 saturated heterocycles. The fraction of sp³-hybridized carbons (Fsp3) is 0.467. The Morgan fingerprint density at radius 3 is 2.88 bits per heavy atom. The van der Waals surface area contributed by atoms with Crippen LogP contribution in [0.25, 0.3) is 0 Å². The number of pyridine rings is 1. The van der Waals surface area contributed by atoms with Gasteiger partial charge in [-0.15, -0.1) is 10.2 Å². The molecule has 1 atom stereocenters. The van der Waals surface area contributed by atoms with Gasteiger partial charge in [-0.3, -0.25) is 9.59 Å². The van der Waals surface area contributed by atoms with Gasteiger partial charge in [-0.1, -0.05) is 0 Å². The molecule has 25 heavy (non-hydrogen) atoms. The van der Waals surface area contributed by atoms with Crippen molar-refractivity contribution in [2.75, 3.05) is 6.54 Å². The maximum absolute atomic E-state index is 12.7. The van der Waals surface area contributed by atoms with Gasteiger partial charge >= 0.3 is 6.18 Å². The highest BCUT2D eigenvalue weighted by molar-refractivity contribution is 5.94. The third kappa shape index (κ3) is 4.06. The molecule has 3 heterocycles. The van der Waals surface area contributed by atoms with E-state index in [-0.39, 0.29) is 11.5 Å². The summed E-state index contributed by atoms with van der Waals surface area (Å²) in [5, 5.41) is 7.12. The monoisotopic (exact) mass is 356 g/mol. The molecular weight excluding hydrogens is 341 g/mol. The number of aromatic nitrogens is 3. The molecule has 3 rings (SSSR count). The van der Waals surface area contributed by atoms with E-state index in [1.54, 1.807) is 0 Å². The van der Waals surface area contributed by atoms with Crippen LogP contribution in [0.2, 0.25) is 0 Å². The minimum absolute atomic E-state index is 0.0165. The van der Waals surface area contributed by atoms with Gasteiger partial charge in [0.25, 0.3) is 5.91 Å². The van der Waals surface area contributed by atoms with Crippen molar-refractivity contribution in [2.45, 2.75) is 37.9 Å². The zero-order chi connectivity index (χ0) is 18.0. The average Bonchev–Trinajstić information content (AvgIpc) is 3.00. The van der Waals surface area contributed by atoms with Crippen molar-refractivity contribution in [3.63, 3.8) is 0 Å². The van der Waals surface area contributed by atoms with Crippen molar-refractivity contribution in [3.8, 4) is 0 Å². The molecule has 1 fully saturated rings. The van der Waals surface area contributed by atoms with Gasteiger partial charge in [-0.05, 0) is 25.3 Å². The highest BCUT2D eigenvalue weighted by Crippen LogP contribution is 2.32. The van der Waals surface area contributed by atoms with Gasteiger partial charge in [0.05, 0.1) is 0 Å². The summed E-state index contributed by atoms with van der Waals surface area (Å²) in [6.45, 7) is 0.396. The van der Waals surface area contributed by atoms with Crippen molar-refractivity contribution >= 4 is 5.91 Å². The number of amides is 1. The van der Waals surface area contributed by atoms with Gasteiger partial charge in [0.1, 0.15) is 12.5 Å². The maximum atomic E-state index is 12.7. The van der Waals surface area contributed by atoms with Gasteiger partial charge in [0.15, 0.2) is 0 Å². The minimum Gasteiger partial charge on any atom is -0.423 e. The van der Waals surface area contributed by atoms with E-state index in [4.69, 9.17) is 4.42 Å². The third-order valence-corrected chi connectivity index (χ3v) is 3.90. The van der Waals surface area contributed by atoms with E-state index in [9.17, 15) is 22.8 Å². The second kappa shape index (κ2) is 6.69. The average molecular weight is 356 g/mol. The van der Waals surface area contributed by atoms with Gasteiger partial charge < -0.3 is 14.3 Å². The zero-order valence-corrected chi connectivity index (χ0v) is 13.0. The quantitative estimate of drug-likeness (QED) is 0.910. The summed E-state index contributed by atoms with van der Waals surface area (Å²) in [4.78, 5) is 28.0. The van der Waals surface area contributed by atoms with E-state index >= 15 is 0 Å². The molecule has 0 radical (unpaired) electrons. The summed E-state index contributed by atoms with van der Waals surface area (Å²) in [6, 6.07) is 2.05. The molecule has 10 heteroatoms. The first kappa shape index (κ1) is 17.2. The standard InChI is InChI=1S/C15H15F3N4O3/c16-15(17,18)8-12-20-21-13(25-12)10-3-1-2-6-22(10)14(24)9-4-5-19-11(23)7-9/h4-5,7,10H,1-3,6,8H2,(H,19,23). The molecule has 2 aromatic heterocycles. The predicted molar refractivity (Wildman–Crippen MR) is 78.7 cm³/mol. The Labute approximate surface area is 139 Å². The van der Waals surface area contributed by atoms with Crippen LogP contribution in [0.4, 0.5) is 13.2 Å². The van der Waals surface area contributed by atoms with Gasteiger partial charge in [-0.25, -0.2) is 0 Å². The minimum atomic E-state index is -4.45. The summed E-state index contributed by atoms with van der Waals surface area (Å²) < 4.78 is 42.4. The van der Waals surface area contributed by atoms with Crippen LogP contribution in [0.3, 0.4) is 0 Å². The fourth-order valence-electron chi connectivity index (χ4n) is 2.82. The molecule has 0 aliphatic carbocycles. The summed E-state index contributed by atoms with van der Waals surface area (Å²) in [5.41, 5.74) is -0.213. The first-order valence-electron chi connectivity index (χ1n) is 7.72. The normalized spacial score (nSPS) is 18.4. The van der Waals surface area contributed by atoms with Crippen LogP contribution in [-0.4, -0.2) is 38.7 Å². The van der Waals surface area contributed by atoms with Crippen molar-refractivity contribution in [2.24, 2.45) is 0 Å².